The molecule has 0 aliphatic rings. The van der Waals surface area contributed by atoms with Gasteiger partial charge in [-0.15, -0.1) is 0 Å². The summed E-state index contributed by atoms with van der Waals surface area (Å²) >= 11 is 0. The molecule has 0 spiro atoms. The normalized spacial score (nSPS) is 10.3. The summed E-state index contributed by atoms with van der Waals surface area (Å²) in [5, 5.41) is 3.23. The summed E-state index contributed by atoms with van der Waals surface area (Å²) in [5.41, 5.74) is 1.99. The number of aromatic nitrogens is 2. The minimum Gasteiger partial charge on any atom is -0.497 e. The van der Waals surface area contributed by atoms with Gasteiger partial charge in [-0.2, -0.15) is 4.98 Å². The topological polar surface area (TPSA) is 50.3 Å². The summed E-state index contributed by atoms with van der Waals surface area (Å²) in [7, 11) is 3.66. The number of nitrogens with zero attached hydrogens (tertiary/aromatic N) is 3. The number of aryl methyl sites for hydroxylation is 1. The fourth-order valence-electron chi connectivity index (χ4n) is 1.98. The maximum Gasteiger partial charge on any atom is 0.224 e. The van der Waals surface area contributed by atoms with E-state index in [1.165, 1.54) is 0 Å². The van der Waals surface area contributed by atoms with Crippen molar-refractivity contribution in [3.05, 3.63) is 36.0 Å². The van der Waals surface area contributed by atoms with Crippen molar-refractivity contribution in [2.45, 2.75) is 20.3 Å². The minimum absolute atomic E-state index is 0.673. The average Bonchev–Trinajstić information content (AvgIpc) is 2.51. The monoisotopic (exact) mass is 286 g/mol. The predicted octanol–water partition coefficient (Wildman–Crippen LogP) is 3.38. The number of benzene rings is 1. The van der Waals surface area contributed by atoms with E-state index in [0.717, 1.165) is 35.9 Å². The Hall–Kier alpha value is -2.30. The van der Waals surface area contributed by atoms with E-state index in [4.69, 9.17) is 4.74 Å². The third kappa shape index (κ3) is 3.84. The first-order chi connectivity index (χ1) is 10.1. The lowest BCUT2D eigenvalue weighted by molar-refractivity contribution is 0.415. The Morgan fingerprint density at radius 3 is 2.52 bits per heavy atom. The van der Waals surface area contributed by atoms with Crippen LogP contribution in [0.2, 0.25) is 0 Å². The van der Waals surface area contributed by atoms with Crippen molar-refractivity contribution in [1.29, 1.82) is 0 Å². The summed E-state index contributed by atoms with van der Waals surface area (Å²) in [6.07, 6.45) is 1.04. The third-order valence-electron chi connectivity index (χ3n) is 3.18. The van der Waals surface area contributed by atoms with E-state index in [1.807, 2.05) is 49.2 Å². The lowest BCUT2D eigenvalue weighted by atomic mass is 10.2. The number of nitrogens with one attached hydrogen (secondary N) is 1. The van der Waals surface area contributed by atoms with Crippen LogP contribution < -0.4 is 15.0 Å². The van der Waals surface area contributed by atoms with Crippen molar-refractivity contribution in [3.63, 3.8) is 0 Å². The Labute approximate surface area is 126 Å². The van der Waals surface area contributed by atoms with Crippen LogP contribution in [0.3, 0.4) is 0 Å². The second-order valence-electron chi connectivity index (χ2n) is 4.87. The lowest BCUT2D eigenvalue weighted by Gasteiger charge is -2.19. The Bertz CT molecular complexity index is 583. The first-order valence-electron chi connectivity index (χ1n) is 7.11. The zero-order valence-electron chi connectivity index (χ0n) is 13.1. The largest absolute Gasteiger partial charge is 0.497 e. The van der Waals surface area contributed by atoms with Crippen LogP contribution in [0, 0.1) is 6.92 Å². The summed E-state index contributed by atoms with van der Waals surface area (Å²) in [5.74, 6) is 2.38. The van der Waals surface area contributed by atoms with Gasteiger partial charge in [0.25, 0.3) is 0 Å². The molecule has 1 N–H and O–H groups in total. The van der Waals surface area contributed by atoms with Gasteiger partial charge in [-0.3, -0.25) is 0 Å². The molecule has 112 valence electrons. The Morgan fingerprint density at radius 1 is 1.19 bits per heavy atom. The molecule has 0 amide bonds. The molecule has 1 aromatic carbocycles. The van der Waals surface area contributed by atoms with E-state index < -0.39 is 0 Å². The van der Waals surface area contributed by atoms with Crippen molar-refractivity contribution in [2.75, 3.05) is 30.9 Å². The highest BCUT2D eigenvalue weighted by atomic mass is 16.5. The molecule has 1 aromatic heterocycles. The molecule has 5 heteroatoms. The number of hydrogen-bond donors (Lipinski definition) is 1. The van der Waals surface area contributed by atoms with Gasteiger partial charge in [-0.05, 0) is 37.6 Å². The van der Waals surface area contributed by atoms with Crippen LogP contribution in [0.25, 0.3) is 0 Å². The number of hydrogen-bond acceptors (Lipinski definition) is 5. The molecule has 5 nitrogen and oxygen atoms in total. The Balaban J connectivity index is 2.24. The smallest absolute Gasteiger partial charge is 0.224 e. The summed E-state index contributed by atoms with van der Waals surface area (Å²) in [6.45, 7) is 4.96. The number of anilines is 3. The van der Waals surface area contributed by atoms with E-state index in [0.29, 0.717) is 5.95 Å². The maximum absolute atomic E-state index is 5.18. The van der Waals surface area contributed by atoms with Gasteiger partial charge in [0.1, 0.15) is 11.6 Å². The van der Waals surface area contributed by atoms with Gasteiger partial charge in [-0.1, -0.05) is 6.92 Å². The fraction of sp³-hybridized carbons (Fsp3) is 0.375. The molecule has 2 aromatic rings. The molecule has 0 unspecified atom stereocenters. The van der Waals surface area contributed by atoms with E-state index in [9.17, 15) is 0 Å². The van der Waals surface area contributed by atoms with Crippen LogP contribution in [0.15, 0.2) is 30.3 Å². The first kappa shape index (κ1) is 15.1. The van der Waals surface area contributed by atoms with Crippen molar-refractivity contribution in [3.8, 4) is 5.75 Å². The van der Waals surface area contributed by atoms with E-state index in [-0.39, 0.29) is 0 Å². The quantitative estimate of drug-likeness (QED) is 0.882. The van der Waals surface area contributed by atoms with Crippen LogP contribution in [0.1, 0.15) is 19.0 Å². The summed E-state index contributed by atoms with van der Waals surface area (Å²) in [6, 6.07) is 9.87. The molecular weight excluding hydrogens is 264 g/mol. The molecule has 0 fully saturated rings. The summed E-state index contributed by atoms with van der Waals surface area (Å²) < 4.78 is 5.18. The average molecular weight is 286 g/mol. The molecule has 0 aliphatic carbocycles. The second-order valence-corrected chi connectivity index (χ2v) is 4.87. The lowest BCUT2D eigenvalue weighted by Crippen LogP contribution is -2.14. The fourth-order valence-corrected chi connectivity index (χ4v) is 1.98. The van der Waals surface area contributed by atoms with Crippen molar-refractivity contribution < 1.29 is 4.74 Å². The number of rotatable bonds is 6. The molecule has 2 rings (SSSR count). The predicted molar refractivity (Wildman–Crippen MR) is 86.6 cm³/mol. The van der Waals surface area contributed by atoms with Gasteiger partial charge in [-0.25, -0.2) is 4.98 Å². The van der Waals surface area contributed by atoms with Crippen molar-refractivity contribution in [2.24, 2.45) is 0 Å². The van der Waals surface area contributed by atoms with Crippen LogP contribution in [0.4, 0.5) is 17.5 Å². The molecule has 0 saturated carbocycles. The highest BCUT2D eigenvalue weighted by molar-refractivity contribution is 5.61. The van der Waals surface area contributed by atoms with Crippen LogP contribution in [-0.4, -0.2) is 30.7 Å². The zero-order valence-corrected chi connectivity index (χ0v) is 13.1. The van der Waals surface area contributed by atoms with Gasteiger partial charge in [0, 0.05) is 31.0 Å². The summed E-state index contributed by atoms with van der Waals surface area (Å²) in [4.78, 5) is 11.0. The highest BCUT2D eigenvalue weighted by Gasteiger charge is 2.08. The molecule has 1 heterocycles. The van der Waals surface area contributed by atoms with Crippen LogP contribution in [0.5, 0.6) is 5.75 Å². The van der Waals surface area contributed by atoms with Crippen molar-refractivity contribution in [1.82, 2.24) is 9.97 Å². The minimum atomic E-state index is 0.673. The highest BCUT2D eigenvalue weighted by Crippen LogP contribution is 2.25. The molecule has 0 radical (unpaired) electrons. The van der Waals surface area contributed by atoms with Gasteiger partial charge < -0.3 is 15.0 Å². The van der Waals surface area contributed by atoms with E-state index in [2.05, 4.69) is 22.2 Å². The van der Waals surface area contributed by atoms with Gasteiger partial charge in [0.2, 0.25) is 5.95 Å². The van der Waals surface area contributed by atoms with Crippen molar-refractivity contribution >= 4 is 17.5 Å². The molecule has 21 heavy (non-hydrogen) atoms. The molecular formula is C16H22N4O. The third-order valence-corrected chi connectivity index (χ3v) is 3.18. The number of ether oxygens (including phenoxy) is 1. The van der Waals surface area contributed by atoms with Crippen LogP contribution in [-0.2, 0) is 0 Å². The number of methoxy groups -OCH3 is 1. The van der Waals surface area contributed by atoms with Gasteiger partial charge in [0.05, 0.1) is 7.11 Å². The molecule has 0 aliphatic heterocycles. The van der Waals surface area contributed by atoms with Gasteiger partial charge in [0.15, 0.2) is 0 Å². The zero-order chi connectivity index (χ0) is 15.2. The molecule has 0 bridgehead atoms. The molecule has 0 saturated heterocycles. The SMILES string of the molecule is CCCNc1nc(C)cc(N(C)c2ccc(OC)cc2)n1. The Kier molecular flexibility index (Phi) is 4.98. The second kappa shape index (κ2) is 6.92. The molecule has 0 atom stereocenters. The maximum atomic E-state index is 5.18. The standard InChI is InChI=1S/C16H22N4O/c1-5-10-17-16-18-12(2)11-15(19-16)20(3)13-6-8-14(21-4)9-7-13/h6-9,11H,5,10H2,1-4H3,(H,17,18,19). The Morgan fingerprint density at radius 2 is 1.90 bits per heavy atom. The van der Waals surface area contributed by atoms with E-state index in [1.54, 1.807) is 7.11 Å². The van der Waals surface area contributed by atoms with Gasteiger partial charge >= 0.3 is 0 Å². The first-order valence-corrected chi connectivity index (χ1v) is 7.11. The van der Waals surface area contributed by atoms with Crippen LogP contribution >= 0.6 is 0 Å². The van der Waals surface area contributed by atoms with E-state index >= 15 is 0 Å².